The van der Waals surface area contributed by atoms with Gasteiger partial charge in [-0.3, -0.25) is 0 Å². The SMILES string of the molecule is Fc1[c]nn[nH]1. The Labute approximate surface area is 33.2 Å². The highest BCUT2D eigenvalue weighted by molar-refractivity contribution is 4.59. The topological polar surface area (TPSA) is 41.6 Å². The number of halogens is 1. The van der Waals surface area contributed by atoms with Gasteiger partial charge in [0.05, 0.1) is 0 Å². The Kier molecular flexibility index (Phi) is 0.567. The van der Waals surface area contributed by atoms with Crippen molar-refractivity contribution in [3.05, 3.63) is 12.1 Å². The van der Waals surface area contributed by atoms with Gasteiger partial charge in [0.1, 0.15) is 0 Å². The van der Waals surface area contributed by atoms with Crippen LogP contribution in [-0.4, -0.2) is 15.4 Å². The van der Waals surface area contributed by atoms with Crippen LogP contribution in [-0.2, 0) is 0 Å². The Morgan fingerprint density at radius 3 is 2.83 bits per heavy atom. The van der Waals surface area contributed by atoms with Crippen molar-refractivity contribution in [2.24, 2.45) is 0 Å². The van der Waals surface area contributed by atoms with E-state index < -0.39 is 5.95 Å². The van der Waals surface area contributed by atoms with E-state index in [1.807, 2.05) is 11.3 Å². The van der Waals surface area contributed by atoms with Crippen LogP contribution in [0, 0.1) is 12.1 Å². The molecule has 31 valence electrons. The third-order valence-corrected chi connectivity index (χ3v) is 0.346. The summed E-state index contributed by atoms with van der Waals surface area (Å²) in [7, 11) is 0. The molecule has 0 aliphatic carbocycles. The minimum Gasteiger partial charge on any atom is -0.232 e. The number of aromatic amines is 1. The van der Waals surface area contributed by atoms with Crippen LogP contribution < -0.4 is 0 Å². The summed E-state index contributed by atoms with van der Waals surface area (Å²) >= 11 is 0. The standard InChI is InChI=1S/C2HFN3/c3-2-1-4-6-5-2/h(H,4,5,6). The Balaban J connectivity index is 3.05. The van der Waals surface area contributed by atoms with E-state index in [4.69, 9.17) is 0 Å². The number of hydrogen-bond acceptors (Lipinski definition) is 2. The summed E-state index contributed by atoms with van der Waals surface area (Å²) in [5.41, 5.74) is 0. The van der Waals surface area contributed by atoms with Gasteiger partial charge in [0.2, 0.25) is 5.95 Å². The van der Waals surface area contributed by atoms with Gasteiger partial charge in [-0.15, -0.1) is 5.10 Å². The summed E-state index contributed by atoms with van der Waals surface area (Å²) in [6.45, 7) is 0. The van der Waals surface area contributed by atoms with Crippen LogP contribution in [0.25, 0.3) is 0 Å². The van der Waals surface area contributed by atoms with Crippen molar-refractivity contribution < 1.29 is 4.39 Å². The van der Waals surface area contributed by atoms with E-state index in [1.165, 1.54) is 0 Å². The molecule has 1 aromatic heterocycles. The molecule has 0 aromatic carbocycles. The minimum atomic E-state index is -0.630. The lowest BCUT2D eigenvalue weighted by Crippen LogP contribution is -1.67. The van der Waals surface area contributed by atoms with Gasteiger partial charge in [-0.1, -0.05) is 5.21 Å². The Morgan fingerprint density at radius 2 is 2.67 bits per heavy atom. The minimum absolute atomic E-state index is 0.630. The molecule has 0 amide bonds. The largest absolute Gasteiger partial charge is 0.239 e. The first-order chi connectivity index (χ1) is 2.89. The van der Waals surface area contributed by atoms with Crippen LogP contribution in [0.3, 0.4) is 0 Å². The van der Waals surface area contributed by atoms with Crippen molar-refractivity contribution in [3.63, 3.8) is 0 Å². The molecule has 0 atom stereocenters. The summed E-state index contributed by atoms with van der Waals surface area (Å²) < 4.78 is 11.4. The molecule has 0 fully saturated rings. The molecule has 1 rings (SSSR count). The highest BCUT2D eigenvalue weighted by Crippen LogP contribution is 1.76. The van der Waals surface area contributed by atoms with E-state index in [-0.39, 0.29) is 0 Å². The van der Waals surface area contributed by atoms with E-state index in [1.54, 1.807) is 0 Å². The number of hydrogen-bond donors (Lipinski definition) is 1. The summed E-state index contributed by atoms with van der Waals surface area (Å²) in [6.07, 6.45) is 1.92. The Morgan fingerprint density at radius 1 is 1.83 bits per heavy atom. The van der Waals surface area contributed by atoms with Crippen molar-refractivity contribution in [2.75, 3.05) is 0 Å². The molecule has 0 saturated carbocycles. The van der Waals surface area contributed by atoms with Gasteiger partial charge >= 0.3 is 0 Å². The molecule has 1 aromatic rings. The fourth-order valence-electron chi connectivity index (χ4n) is 0.163. The lowest BCUT2D eigenvalue weighted by molar-refractivity contribution is 0.577. The average Bonchev–Trinajstić information content (AvgIpc) is 1.86. The van der Waals surface area contributed by atoms with E-state index in [0.29, 0.717) is 0 Å². The molecule has 3 nitrogen and oxygen atoms in total. The van der Waals surface area contributed by atoms with Crippen molar-refractivity contribution in [2.45, 2.75) is 0 Å². The zero-order chi connectivity index (χ0) is 4.41. The normalized spacial score (nSPS) is 8.83. The Hall–Kier alpha value is -0.930. The Bertz CT molecular complexity index is 112. The third-order valence-electron chi connectivity index (χ3n) is 0.346. The first-order valence-corrected chi connectivity index (χ1v) is 1.34. The highest BCUT2D eigenvalue weighted by Gasteiger charge is 1.83. The number of H-pyrrole nitrogens is 1. The first kappa shape index (κ1) is 3.27. The number of rotatable bonds is 0. The molecule has 1 radical (unpaired) electrons. The molecule has 0 aliphatic rings. The molecule has 4 heteroatoms. The molecule has 0 bridgehead atoms. The molecule has 6 heavy (non-hydrogen) atoms. The van der Waals surface area contributed by atoms with E-state index >= 15 is 0 Å². The summed E-state index contributed by atoms with van der Waals surface area (Å²) in [4.78, 5) is 0. The molecule has 0 aliphatic heterocycles. The highest BCUT2D eigenvalue weighted by atomic mass is 19.1. The van der Waals surface area contributed by atoms with Gasteiger partial charge in [0.15, 0.2) is 6.20 Å². The fraction of sp³-hybridized carbons (Fsp3) is 0. The van der Waals surface area contributed by atoms with Gasteiger partial charge in [-0.25, -0.2) is 5.10 Å². The smallest absolute Gasteiger partial charge is 0.232 e. The first-order valence-electron chi connectivity index (χ1n) is 1.34. The second-order valence-electron chi connectivity index (χ2n) is 0.738. The van der Waals surface area contributed by atoms with Gasteiger partial charge in [-0.2, -0.15) is 4.39 Å². The lowest BCUT2D eigenvalue weighted by Gasteiger charge is -1.58. The van der Waals surface area contributed by atoms with Crippen LogP contribution in [0.2, 0.25) is 0 Å². The number of aromatic nitrogens is 3. The molecular formula is C2HFN3. The van der Waals surface area contributed by atoms with E-state index in [2.05, 4.69) is 10.3 Å². The van der Waals surface area contributed by atoms with Gasteiger partial charge < -0.3 is 0 Å². The number of nitrogens with zero attached hydrogens (tertiary/aromatic N) is 2. The van der Waals surface area contributed by atoms with Crippen LogP contribution >= 0.6 is 0 Å². The average molecular weight is 86.0 g/mol. The van der Waals surface area contributed by atoms with Crippen molar-refractivity contribution in [1.82, 2.24) is 15.4 Å². The van der Waals surface area contributed by atoms with Gasteiger partial charge in [-0.05, 0) is 0 Å². The monoisotopic (exact) mass is 86.0 g/mol. The van der Waals surface area contributed by atoms with Crippen LogP contribution in [0.4, 0.5) is 4.39 Å². The quantitative estimate of drug-likeness (QED) is 0.472. The maximum absolute atomic E-state index is 11.4. The van der Waals surface area contributed by atoms with E-state index in [9.17, 15) is 4.39 Å². The molecule has 0 saturated heterocycles. The van der Waals surface area contributed by atoms with Crippen LogP contribution in [0.5, 0.6) is 0 Å². The second kappa shape index (κ2) is 1.04. The fourth-order valence-corrected chi connectivity index (χ4v) is 0.163. The van der Waals surface area contributed by atoms with Gasteiger partial charge in [0.25, 0.3) is 0 Å². The molecule has 1 heterocycles. The number of nitrogens with one attached hydrogen (secondary N) is 1. The van der Waals surface area contributed by atoms with E-state index in [0.717, 1.165) is 0 Å². The predicted octanol–water partition coefficient (Wildman–Crippen LogP) is -0.256. The van der Waals surface area contributed by atoms with Crippen LogP contribution in [0.1, 0.15) is 0 Å². The predicted molar refractivity (Wildman–Crippen MR) is 15.2 cm³/mol. The zero-order valence-electron chi connectivity index (χ0n) is 2.77. The summed E-state index contributed by atoms with van der Waals surface area (Å²) in [5, 5.41) is 7.95. The lowest BCUT2D eigenvalue weighted by atomic mass is 10.9. The molecule has 0 unspecified atom stereocenters. The van der Waals surface area contributed by atoms with Crippen molar-refractivity contribution in [3.8, 4) is 0 Å². The van der Waals surface area contributed by atoms with Gasteiger partial charge in [0, 0.05) is 0 Å². The maximum Gasteiger partial charge on any atom is 0.239 e. The summed E-state index contributed by atoms with van der Waals surface area (Å²) in [6, 6.07) is 0. The summed E-state index contributed by atoms with van der Waals surface area (Å²) in [5.74, 6) is -0.630. The van der Waals surface area contributed by atoms with Crippen molar-refractivity contribution in [1.29, 1.82) is 0 Å². The molecule has 0 spiro atoms. The molecule has 1 N–H and O–H groups in total. The third kappa shape index (κ3) is 0.357. The van der Waals surface area contributed by atoms with Crippen molar-refractivity contribution >= 4 is 0 Å². The zero-order valence-corrected chi connectivity index (χ0v) is 2.77. The maximum atomic E-state index is 11.4. The molecular weight excluding hydrogens is 85.0 g/mol. The second-order valence-corrected chi connectivity index (χ2v) is 0.738. The van der Waals surface area contributed by atoms with Crippen LogP contribution in [0.15, 0.2) is 0 Å².